The highest BCUT2D eigenvalue weighted by Gasteiger charge is 2.31. The van der Waals surface area contributed by atoms with Crippen LogP contribution in [-0.4, -0.2) is 23.9 Å². The van der Waals surface area contributed by atoms with Crippen LogP contribution in [-0.2, 0) is 9.59 Å². The maximum atomic E-state index is 13.3. The van der Waals surface area contributed by atoms with E-state index in [1.807, 2.05) is 0 Å². The molecule has 118 valence electrons. The van der Waals surface area contributed by atoms with Crippen molar-refractivity contribution in [1.29, 1.82) is 0 Å². The first-order valence-corrected chi connectivity index (χ1v) is 6.97. The molecule has 1 unspecified atom stereocenters. The third-order valence-electron chi connectivity index (χ3n) is 3.59. The first-order chi connectivity index (χ1) is 11.1. The Kier molecular flexibility index (Phi) is 3.92. The van der Waals surface area contributed by atoms with E-state index in [9.17, 15) is 14.0 Å². The van der Waals surface area contributed by atoms with Crippen LogP contribution >= 0.6 is 0 Å². The summed E-state index contributed by atoms with van der Waals surface area (Å²) in [5.41, 5.74) is 1.31. The van der Waals surface area contributed by atoms with Gasteiger partial charge in [0.25, 0.3) is 0 Å². The molecule has 2 heterocycles. The number of carbonyl (C=O) groups excluding carboxylic acids is 2. The Morgan fingerprint density at radius 2 is 2.26 bits per heavy atom. The van der Waals surface area contributed by atoms with Crippen LogP contribution in [0.1, 0.15) is 17.9 Å². The molecule has 0 saturated heterocycles. The molecule has 6 nitrogen and oxygen atoms in total. The van der Waals surface area contributed by atoms with Crippen molar-refractivity contribution in [3.8, 4) is 5.88 Å². The Hall–Kier alpha value is -2.96. The number of pyridine rings is 1. The zero-order valence-corrected chi connectivity index (χ0v) is 12.3. The molecule has 3 rings (SSSR count). The SMILES string of the molecule is COc1ncccc1NC(=O)C1CC(=O)Nc2cc(F)ccc21. The predicted octanol–water partition coefficient (Wildman–Crippen LogP) is 2.29. The Morgan fingerprint density at radius 1 is 1.43 bits per heavy atom. The normalized spacial score (nSPS) is 16.3. The van der Waals surface area contributed by atoms with Gasteiger partial charge in [-0.05, 0) is 29.8 Å². The second kappa shape index (κ2) is 6.04. The van der Waals surface area contributed by atoms with E-state index in [0.29, 0.717) is 16.9 Å². The van der Waals surface area contributed by atoms with Crippen molar-refractivity contribution in [2.24, 2.45) is 0 Å². The van der Waals surface area contributed by atoms with E-state index in [4.69, 9.17) is 4.74 Å². The van der Waals surface area contributed by atoms with Crippen molar-refractivity contribution >= 4 is 23.2 Å². The van der Waals surface area contributed by atoms with E-state index < -0.39 is 11.7 Å². The van der Waals surface area contributed by atoms with Crippen LogP contribution in [0, 0.1) is 5.82 Å². The van der Waals surface area contributed by atoms with Crippen molar-refractivity contribution in [3.05, 3.63) is 47.9 Å². The molecule has 1 aromatic carbocycles. The maximum absolute atomic E-state index is 13.3. The van der Waals surface area contributed by atoms with E-state index in [-0.39, 0.29) is 24.1 Å². The molecule has 1 atom stereocenters. The van der Waals surface area contributed by atoms with Gasteiger partial charge in [-0.2, -0.15) is 0 Å². The van der Waals surface area contributed by atoms with Crippen LogP contribution in [0.25, 0.3) is 0 Å². The topological polar surface area (TPSA) is 80.3 Å². The number of nitrogens with one attached hydrogen (secondary N) is 2. The summed E-state index contributed by atoms with van der Waals surface area (Å²) >= 11 is 0. The van der Waals surface area contributed by atoms with Gasteiger partial charge in [-0.1, -0.05) is 6.07 Å². The highest BCUT2D eigenvalue weighted by molar-refractivity contribution is 6.05. The van der Waals surface area contributed by atoms with Crippen LogP contribution in [0.2, 0.25) is 0 Å². The summed E-state index contributed by atoms with van der Waals surface area (Å²) in [5.74, 6) is -1.61. The quantitative estimate of drug-likeness (QED) is 0.910. The number of halogens is 1. The minimum atomic E-state index is -0.704. The molecule has 23 heavy (non-hydrogen) atoms. The average molecular weight is 315 g/mol. The largest absolute Gasteiger partial charge is 0.480 e. The summed E-state index contributed by atoms with van der Waals surface area (Å²) in [6, 6.07) is 7.29. The van der Waals surface area contributed by atoms with E-state index in [1.54, 1.807) is 18.3 Å². The summed E-state index contributed by atoms with van der Waals surface area (Å²) in [7, 11) is 1.45. The number of amides is 2. The zero-order chi connectivity index (χ0) is 16.4. The lowest BCUT2D eigenvalue weighted by Gasteiger charge is -2.25. The van der Waals surface area contributed by atoms with Gasteiger partial charge in [0.15, 0.2) is 0 Å². The van der Waals surface area contributed by atoms with Gasteiger partial charge in [-0.25, -0.2) is 9.37 Å². The number of benzene rings is 1. The van der Waals surface area contributed by atoms with Crippen LogP contribution in [0.5, 0.6) is 5.88 Å². The molecule has 7 heteroatoms. The zero-order valence-electron chi connectivity index (χ0n) is 12.3. The Bertz CT molecular complexity index is 779. The van der Waals surface area contributed by atoms with Crippen molar-refractivity contribution in [1.82, 2.24) is 4.98 Å². The molecular weight excluding hydrogens is 301 g/mol. The molecule has 2 aromatic rings. The number of hydrogen-bond acceptors (Lipinski definition) is 4. The lowest BCUT2D eigenvalue weighted by atomic mass is 9.89. The first kappa shape index (κ1) is 15.0. The average Bonchev–Trinajstić information content (AvgIpc) is 2.54. The third kappa shape index (κ3) is 2.98. The maximum Gasteiger partial charge on any atom is 0.237 e. The predicted molar refractivity (Wildman–Crippen MR) is 81.8 cm³/mol. The first-order valence-electron chi connectivity index (χ1n) is 6.97. The number of fused-ring (bicyclic) bond motifs is 1. The van der Waals surface area contributed by atoms with Crippen molar-refractivity contribution in [3.63, 3.8) is 0 Å². The lowest BCUT2D eigenvalue weighted by Crippen LogP contribution is -2.31. The second-order valence-electron chi connectivity index (χ2n) is 5.09. The van der Waals surface area contributed by atoms with Gasteiger partial charge < -0.3 is 15.4 Å². The van der Waals surface area contributed by atoms with Gasteiger partial charge in [0.2, 0.25) is 17.7 Å². The number of carbonyl (C=O) groups is 2. The molecule has 1 aliphatic rings. The Morgan fingerprint density at radius 3 is 3.04 bits per heavy atom. The number of hydrogen-bond donors (Lipinski definition) is 2. The summed E-state index contributed by atoms with van der Waals surface area (Å²) < 4.78 is 18.4. The molecule has 2 N–H and O–H groups in total. The number of ether oxygens (including phenoxy) is 1. The number of nitrogens with zero attached hydrogens (tertiary/aromatic N) is 1. The molecule has 0 radical (unpaired) electrons. The standard InChI is InChI=1S/C16H14FN3O3/c1-23-16-12(3-2-6-18-16)20-15(22)11-8-14(21)19-13-7-9(17)4-5-10(11)13/h2-7,11H,8H2,1H3,(H,19,21)(H,20,22). The number of anilines is 2. The van der Waals surface area contributed by atoms with Crippen LogP contribution in [0.3, 0.4) is 0 Å². The summed E-state index contributed by atoms with van der Waals surface area (Å²) in [4.78, 5) is 28.3. The molecule has 2 amide bonds. The van der Waals surface area contributed by atoms with Gasteiger partial charge in [-0.15, -0.1) is 0 Å². The third-order valence-corrected chi connectivity index (χ3v) is 3.59. The molecule has 1 aromatic heterocycles. The van der Waals surface area contributed by atoms with Gasteiger partial charge in [0, 0.05) is 18.3 Å². The van der Waals surface area contributed by atoms with Gasteiger partial charge in [-0.3, -0.25) is 9.59 Å². The molecule has 0 saturated carbocycles. The summed E-state index contributed by atoms with van der Waals surface area (Å²) in [5, 5.41) is 5.28. The fraction of sp³-hybridized carbons (Fsp3) is 0.188. The van der Waals surface area contributed by atoms with Crippen LogP contribution in [0.4, 0.5) is 15.8 Å². The van der Waals surface area contributed by atoms with E-state index in [2.05, 4.69) is 15.6 Å². The van der Waals surface area contributed by atoms with Crippen molar-refractivity contribution < 1.29 is 18.7 Å². The minimum absolute atomic E-state index is 0.00690. The smallest absolute Gasteiger partial charge is 0.237 e. The second-order valence-corrected chi connectivity index (χ2v) is 5.09. The van der Waals surface area contributed by atoms with Crippen LogP contribution in [0.15, 0.2) is 36.5 Å². The molecule has 1 aliphatic heterocycles. The highest BCUT2D eigenvalue weighted by Crippen LogP contribution is 2.34. The number of methoxy groups -OCH3 is 1. The molecule has 0 bridgehead atoms. The van der Waals surface area contributed by atoms with Gasteiger partial charge in [0.1, 0.15) is 11.5 Å². The monoisotopic (exact) mass is 315 g/mol. The molecular formula is C16H14FN3O3. The number of aromatic nitrogens is 1. The van der Waals surface area contributed by atoms with E-state index >= 15 is 0 Å². The van der Waals surface area contributed by atoms with Gasteiger partial charge in [0.05, 0.1) is 13.0 Å². The fourth-order valence-corrected chi connectivity index (χ4v) is 2.54. The number of rotatable bonds is 3. The Labute approximate surface area is 131 Å². The van der Waals surface area contributed by atoms with Crippen LogP contribution < -0.4 is 15.4 Å². The molecule has 0 aliphatic carbocycles. The molecule has 0 spiro atoms. The van der Waals surface area contributed by atoms with Crippen molar-refractivity contribution in [2.45, 2.75) is 12.3 Å². The lowest BCUT2D eigenvalue weighted by molar-refractivity contribution is -0.123. The van der Waals surface area contributed by atoms with Crippen molar-refractivity contribution in [2.75, 3.05) is 17.7 Å². The minimum Gasteiger partial charge on any atom is -0.480 e. The summed E-state index contributed by atoms with van der Waals surface area (Å²) in [6.07, 6.45) is 1.54. The Balaban J connectivity index is 1.90. The molecule has 0 fully saturated rings. The van der Waals surface area contributed by atoms with E-state index in [1.165, 1.54) is 25.3 Å². The summed E-state index contributed by atoms with van der Waals surface area (Å²) in [6.45, 7) is 0. The highest BCUT2D eigenvalue weighted by atomic mass is 19.1. The van der Waals surface area contributed by atoms with Gasteiger partial charge >= 0.3 is 0 Å². The van der Waals surface area contributed by atoms with E-state index in [0.717, 1.165) is 0 Å². The fourth-order valence-electron chi connectivity index (χ4n) is 2.54.